The van der Waals surface area contributed by atoms with Gasteiger partial charge >= 0.3 is 0 Å². The molecule has 0 bridgehead atoms. The Bertz CT molecular complexity index is 542. The Hall–Kier alpha value is 0.812. The Balaban J connectivity index is 0.00000156. The summed E-state index contributed by atoms with van der Waals surface area (Å²) in [4.78, 5) is 11.9. The van der Waals surface area contributed by atoms with Gasteiger partial charge in [0.15, 0.2) is 0 Å². The number of rotatable bonds is 0. The van der Waals surface area contributed by atoms with E-state index < -0.39 is 0 Å². The molecule has 7 atom stereocenters. The number of ketones is 1. The molecule has 0 aromatic carbocycles. The maximum Gasteiger partial charge on any atom is 0.136 e. The van der Waals surface area contributed by atoms with Crippen molar-refractivity contribution in [1.82, 2.24) is 0 Å². The Kier molecular flexibility index (Phi) is 5.02. The van der Waals surface area contributed by atoms with Crippen LogP contribution in [-0.4, -0.2) is 17.0 Å². The Morgan fingerprint density at radius 2 is 1.87 bits per heavy atom. The van der Waals surface area contributed by atoms with Crippen LogP contribution in [0.2, 0.25) is 0 Å². The van der Waals surface area contributed by atoms with Gasteiger partial charge < -0.3 is 5.11 Å². The summed E-state index contributed by atoms with van der Waals surface area (Å²) in [6.07, 6.45) is 9.47. The van der Waals surface area contributed by atoms with E-state index in [-0.39, 0.29) is 61.0 Å². The van der Waals surface area contributed by atoms with E-state index >= 15 is 0 Å². The van der Waals surface area contributed by atoms with Crippen LogP contribution in [0.15, 0.2) is 11.6 Å². The van der Waals surface area contributed by atoms with E-state index in [2.05, 4.69) is 26.8 Å². The van der Waals surface area contributed by atoms with Gasteiger partial charge in [-0.15, -0.1) is 0 Å². The number of aliphatic hydroxyl groups excluding tert-OH is 1. The zero-order valence-electron chi connectivity index (χ0n) is 14.8. The summed E-state index contributed by atoms with van der Waals surface area (Å²) >= 11 is 0. The third-order valence-corrected chi connectivity index (χ3v) is 8.22. The molecule has 0 aliphatic heterocycles. The van der Waals surface area contributed by atoms with Gasteiger partial charge in [0.25, 0.3) is 0 Å². The van der Waals surface area contributed by atoms with Crippen molar-refractivity contribution in [3.05, 3.63) is 11.6 Å². The first-order valence-corrected chi connectivity index (χ1v) is 9.27. The van der Waals surface area contributed by atoms with Crippen LogP contribution in [0.1, 0.15) is 65.7 Å². The fourth-order valence-electron chi connectivity index (χ4n) is 6.81. The largest absolute Gasteiger partial charge is 0.393 e. The van der Waals surface area contributed by atoms with Crippen molar-refractivity contribution in [2.24, 2.45) is 34.5 Å². The number of allylic oxidation sites excluding steroid dienone is 2. The molecule has 1 N–H and O–H groups in total. The number of carbonyl (C=O) groups excluding carboxylic acids is 1. The molecule has 0 saturated heterocycles. The minimum absolute atomic E-state index is 0. The summed E-state index contributed by atoms with van der Waals surface area (Å²) in [7, 11) is 0. The average Bonchev–Trinajstić information content (AvgIpc) is 2.77. The second-order valence-corrected chi connectivity index (χ2v) is 9.11. The number of hydrogen-bond acceptors (Lipinski definition) is 2. The fraction of sp³-hybridized carbons (Fsp3) is 0.850. The quantitative estimate of drug-likeness (QED) is 0.480. The van der Waals surface area contributed by atoms with Crippen LogP contribution in [0.25, 0.3) is 0 Å². The Morgan fingerprint density at radius 3 is 2.61 bits per heavy atom. The molecule has 3 fully saturated rings. The van der Waals surface area contributed by atoms with Crippen LogP contribution < -0.4 is 0 Å². The van der Waals surface area contributed by atoms with Crippen LogP contribution >= 0.6 is 0 Å². The minimum atomic E-state index is -0.100. The van der Waals surface area contributed by atoms with Crippen molar-refractivity contribution in [2.45, 2.75) is 71.8 Å². The van der Waals surface area contributed by atoms with Gasteiger partial charge in [0, 0.05) is 56.9 Å². The molecule has 4 aliphatic rings. The molecular weight excluding hydrogens is 499 g/mol. The molecule has 0 spiro atoms. The predicted molar refractivity (Wildman–Crippen MR) is 87.3 cm³/mol. The van der Waals surface area contributed by atoms with E-state index in [9.17, 15) is 9.90 Å². The van der Waals surface area contributed by atoms with E-state index in [0.717, 1.165) is 25.2 Å². The number of fused-ring (bicyclic) bond motifs is 5. The second kappa shape index (κ2) is 6.21. The molecule has 125 valence electrons. The molecule has 7 unspecified atom stereocenters. The zero-order valence-corrected chi connectivity index (χ0v) is 19.6. The smallest absolute Gasteiger partial charge is 0.136 e. The molecule has 2 nitrogen and oxygen atoms in total. The molecule has 4 aliphatic carbocycles. The van der Waals surface area contributed by atoms with E-state index in [1.807, 2.05) is 0 Å². The molecule has 23 heavy (non-hydrogen) atoms. The minimum Gasteiger partial charge on any atom is -0.393 e. The molecule has 0 heterocycles. The van der Waals surface area contributed by atoms with Crippen LogP contribution in [0.4, 0.5) is 0 Å². The summed E-state index contributed by atoms with van der Waals surface area (Å²) in [5, 5.41) is 10.5. The summed E-state index contributed by atoms with van der Waals surface area (Å²) in [6.45, 7) is 7.13. The van der Waals surface area contributed by atoms with Gasteiger partial charge in [-0.2, -0.15) is 0 Å². The van der Waals surface area contributed by atoms with Gasteiger partial charge in [-0.1, -0.05) is 32.4 Å². The van der Waals surface area contributed by atoms with E-state index in [0.29, 0.717) is 30.0 Å². The molecule has 0 amide bonds. The van der Waals surface area contributed by atoms with Gasteiger partial charge in [0.05, 0.1) is 6.10 Å². The molecule has 1 radical (unpaired) electrons. The monoisotopic (exact) mass is 529 g/mol. The van der Waals surface area contributed by atoms with Gasteiger partial charge in [-0.3, -0.25) is 4.79 Å². The van der Waals surface area contributed by atoms with E-state index in [4.69, 9.17) is 0 Å². The fourth-order valence-corrected chi connectivity index (χ4v) is 6.81. The SMILES string of the molecule is CC1C=C2CC(=O)CCC2(C)C2CCC3(C)C(O)CCC3C12.[Ac]. The second-order valence-electron chi connectivity index (χ2n) is 9.11. The first kappa shape index (κ1) is 18.6. The van der Waals surface area contributed by atoms with E-state index in [1.165, 1.54) is 24.8 Å². The number of Topliss-reactive ketones (excluding diaryl/α,β-unsaturated/α-hetero) is 1. The third kappa shape index (κ3) is 2.59. The van der Waals surface area contributed by atoms with Crippen LogP contribution in [-0.2, 0) is 4.79 Å². The molecular formula is C20H30AcO2. The summed E-state index contributed by atoms with van der Waals surface area (Å²) in [5.41, 5.74) is 1.83. The van der Waals surface area contributed by atoms with Crippen molar-refractivity contribution in [3.8, 4) is 0 Å². The first-order valence-electron chi connectivity index (χ1n) is 9.27. The topological polar surface area (TPSA) is 37.3 Å². The molecule has 4 rings (SSSR count). The third-order valence-electron chi connectivity index (χ3n) is 8.22. The predicted octanol–water partition coefficient (Wildman–Crippen LogP) is 4.13. The van der Waals surface area contributed by atoms with Crippen LogP contribution in [0.5, 0.6) is 0 Å². The van der Waals surface area contributed by atoms with Gasteiger partial charge in [-0.25, -0.2) is 0 Å². The zero-order chi connectivity index (χ0) is 15.7. The van der Waals surface area contributed by atoms with Crippen LogP contribution in [0.3, 0.4) is 0 Å². The summed E-state index contributed by atoms with van der Waals surface area (Å²) < 4.78 is 0. The maximum atomic E-state index is 11.9. The molecule has 0 aromatic rings. The Morgan fingerprint density at radius 1 is 1.13 bits per heavy atom. The van der Waals surface area contributed by atoms with Gasteiger partial charge in [-0.05, 0) is 66.6 Å². The number of carbonyl (C=O) groups is 1. The van der Waals surface area contributed by atoms with Crippen molar-refractivity contribution in [2.75, 3.05) is 0 Å². The number of aliphatic hydroxyl groups is 1. The molecule has 3 saturated carbocycles. The van der Waals surface area contributed by atoms with E-state index in [1.54, 1.807) is 0 Å². The van der Waals surface area contributed by atoms with Gasteiger partial charge in [0.2, 0.25) is 0 Å². The molecule has 0 aromatic heterocycles. The standard InChI is InChI=1S/C20H30O2.Ac/c1-12-10-13-11-14(21)6-8-19(13,2)16-7-9-20(3)15(18(12)16)4-5-17(20)22;/h10,12,15-18,22H,4-9,11H2,1-3H3;. The van der Waals surface area contributed by atoms with Crippen molar-refractivity contribution in [1.29, 1.82) is 0 Å². The first-order chi connectivity index (χ1) is 10.4. The van der Waals surface area contributed by atoms with Crippen LogP contribution in [0, 0.1) is 78.6 Å². The normalized spacial score (nSPS) is 51.9. The van der Waals surface area contributed by atoms with Gasteiger partial charge in [0.1, 0.15) is 5.78 Å². The maximum absolute atomic E-state index is 11.9. The summed E-state index contributed by atoms with van der Waals surface area (Å²) in [6, 6.07) is 0. The van der Waals surface area contributed by atoms with Crippen molar-refractivity contribution in [3.63, 3.8) is 0 Å². The van der Waals surface area contributed by atoms with Crippen molar-refractivity contribution < 1.29 is 54.0 Å². The Labute approximate surface area is 176 Å². The number of hydrogen-bond donors (Lipinski definition) is 1. The average molecular weight is 529 g/mol. The van der Waals surface area contributed by atoms with Crippen molar-refractivity contribution >= 4 is 5.78 Å². The summed E-state index contributed by atoms with van der Waals surface area (Å²) in [5.74, 6) is 3.10. The molecule has 3 heteroatoms.